The number of rotatable bonds is 12. The molecule has 0 saturated carbocycles. The zero-order chi connectivity index (χ0) is 55.6. The highest BCUT2D eigenvalue weighted by Gasteiger charge is 2.30. The summed E-state index contributed by atoms with van der Waals surface area (Å²) in [4.78, 5) is 122. The molecule has 15 heteroatoms. The van der Waals surface area contributed by atoms with Crippen molar-refractivity contribution in [3.63, 3.8) is 0 Å². The van der Waals surface area contributed by atoms with Crippen molar-refractivity contribution in [3.8, 4) is 33.4 Å². The molecule has 0 saturated heterocycles. The summed E-state index contributed by atoms with van der Waals surface area (Å²) in [6, 6.07) is 50.9. The quantitative estimate of drug-likeness (QED) is 0.0769. The van der Waals surface area contributed by atoms with Crippen LogP contribution in [0.3, 0.4) is 0 Å². The van der Waals surface area contributed by atoms with Gasteiger partial charge in [-0.05, 0) is 69.8 Å². The highest BCUT2D eigenvalue weighted by molar-refractivity contribution is 6.30. The number of esters is 3. The molecule has 0 bridgehead atoms. The summed E-state index contributed by atoms with van der Waals surface area (Å²) < 4.78 is 16.3. The third-order valence-corrected chi connectivity index (χ3v) is 14.7. The monoisotopic (exact) mass is 1070 g/mol. The zero-order valence-electron chi connectivity index (χ0n) is 42.3. The number of carbonyl (C=O) groups excluding carboxylic acids is 9. The van der Waals surface area contributed by atoms with Gasteiger partial charge in [-0.1, -0.05) is 146 Å². The minimum atomic E-state index is -1.14. The average Bonchev–Trinajstić information content (AvgIpc) is 3.64. The van der Waals surface area contributed by atoms with E-state index in [4.69, 9.17) is 14.2 Å². The van der Waals surface area contributed by atoms with E-state index in [2.05, 4.69) is 16.0 Å². The Labute approximate surface area is 459 Å². The average molecular weight is 1070 g/mol. The second-order valence-electron chi connectivity index (χ2n) is 19.5. The molecule has 3 aliphatic carbocycles. The van der Waals surface area contributed by atoms with Gasteiger partial charge in [0, 0.05) is 82.8 Å². The zero-order valence-corrected chi connectivity index (χ0v) is 42.3. The Bertz CT molecular complexity index is 4070. The van der Waals surface area contributed by atoms with Gasteiger partial charge in [-0.25, -0.2) is 14.4 Å². The Balaban J connectivity index is 0.731. The van der Waals surface area contributed by atoms with E-state index in [9.17, 15) is 43.2 Å². The molecule has 3 aliphatic rings. The molecule has 0 aromatic heterocycles. The van der Waals surface area contributed by atoms with E-state index in [1.54, 1.807) is 127 Å². The van der Waals surface area contributed by atoms with Gasteiger partial charge in [-0.3, -0.25) is 28.8 Å². The standard InChI is InChI=1S/C66H39N3O12/c70-55(67-52-25-22-40-37-10-1-4-13-43(37)61(73)49-19-7-16-46(52)58(40)49)31-79-64(76)34-28-35(65(77)80-32-56(71)68-53-26-23-41-38-11-2-5-14-44(38)62(74)50-20-8-17-47(53)59(41)50)30-36(29-34)66(78)81-33-57(72)69-54-27-24-42-39-12-3-6-15-45(39)63(75)51-21-9-18-48(54)60(42)51/h1-30H,31-33H2,(H,67,70)(H,68,71)(H,69,72). The molecule has 390 valence electrons. The maximum Gasteiger partial charge on any atom is 0.338 e. The summed E-state index contributed by atoms with van der Waals surface area (Å²) in [5.74, 6) is -6.16. The molecule has 3 N–H and O–H groups in total. The van der Waals surface area contributed by atoms with Crippen molar-refractivity contribution in [1.82, 2.24) is 0 Å². The van der Waals surface area contributed by atoms with Gasteiger partial charge < -0.3 is 30.2 Å². The first-order chi connectivity index (χ1) is 39.4. The van der Waals surface area contributed by atoms with Crippen LogP contribution in [0, 0.1) is 0 Å². The van der Waals surface area contributed by atoms with Crippen LogP contribution in [0.1, 0.15) is 78.8 Å². The van der Waals surface area contributed by atoms with E-state index in [-0.39, 0.29) is 17.3 Å². The van der Waals surface area contributed by atoms with Crippen LogP contribution < -0.4 is 16.0 Å². The molecule has 0 radical (unpaired) electrons. The SMILES string of the molecule is O=C(COC(=O)c1cc(C(=O)OCC(=O)Nc2ccc3c4c(cccc24)C(=O)c2ccccc2-3)cc(C(=O)OCC(=O)Nc2ccc3c4c(cccc24)C(=O)c2ccccc2-3)c1)Nc1ccc2c3c(cccc13)C(=O)c1ccccc1-2. The van der Waals surface area contributed by atoms with E-state index in [1.165, 1.54) is 0 Å². The molecule has 15 nitrogen and oxygen atoms in total. The van der Waals surface area contributed by atoms with Gasteiger partial charge in [-0.15, -0.1) is 0 Å². The molecule has 3 amide bonds. The van der Waals surface area contributed by atoms with E-state index in [0.717, 1.165) is 51.6 Å². The summed E-state index contributed by atoms with van der Waals surface area (Å²) in [7, 11) is 0. The Morgan fingerprint density at radius 2 is 0.543 bits per heavy atom. The first-order valence-electron chi connectivity index (χ1n) is 25.6. The third kappa shape index (κ3) is 8.53. The Hall–Kier alpha value is -11.2. The number of hydrogen-bond donors (Lipinski definition) is 3. The second kappa shape index (κ2) is 19.7. The van der Waals surface area contributed by atoms with Crippen molar-refractivity contribution in [2.24, 2.45) is 0 Å². The molecule has 81 heavy (non-hydrogen) atoms. The topological polar surface area (TPSA) is 217 Å². The number of ketones is 3. The van der Waals surface area contributed by atoms with Gasteiger partial charge in [0.05, 0.1) is 16.7 Å². The van der Waals surface area contributed by atoms with Crippen LogP contribution in [0.4, 0.5) is 17.1 Å². The van der Waals surface area contributed by atoms with Gasteiger partial charge in [0.15, 0.2) is 37.2 Å². The highest BCUT2D eigenvalue weighted by Crippen LogP contribution is 2.45. The van der Waals surface area contributed by atoms with Gasteiger partial charge in [-0.2, -0.15) is 0 Å². The fourth-order valence-electron chi connectivity index (χ4n) is 11.2. The van der Waals surface area contributed by atoms with Crippen LogP contribution in [0.5, 0.6) is 0 Å². The number of nitrogens with one attached hydrogen (secondary N) is 3. The molecule has 13 rings (SSSR count). The van der Waals surface area contributed by atoms with Crippen LogP contribution in [0.25, 0.3) is 65.7 Å². The smallest absolute Gasteiger partial charge is 0.338 e. The summed E-state index contributed by atoms with van der Waals surface area (Å²) in [6.07, 6.45) is 0. The lowest BCUT2D eigenvalue weighted by Gasteiger charge is -2.21. The summed E-state index contributed by atoms with van der Waals surface area (Å²) >= 11 is 0. The first-order valence-corrected chi connectivity index (χ1v) is 25.6. The van der Waals surface area contributed by atoms with Crippen LogP contribution in [0.15, 0.2) is 182 Å². The first kappa shape index (κ1) is 49.4. The molecule has 10 aromatic rings. The Kier molecular flexibility index (Phi) is 12.0. The fourth-order valence-corrected chi connectivity index (χ4v) is 11.2. The van der Waals surface area contributed by atoms with Crippen molar-refractivity contribution in [1.29, 1.82) is 0 Å². The van der Waals surface area contributed by atoms with Gasteiger partial charge in [0.25, 0.3) is 17.7 Å². The third-order valence-electron chi connectivity index (χ3n) is 14.7. The van der Waals surface area contributed by atoms with Gasteiger partial charge in [0.1, 0.15) is 0 Å². The van der Waals surface area contributed by atoms with Crippen molar-refractivity contribution in [2.75, 3.05) is 35.8 Å². The summed E-state index contributed by atoms with van der Waals surface area (Å²) in [5, 5.41) is 11.9. The van der Waals surface area contributed by atoms with E-state index in [1.807, 2.05) is 36.4 Å². The molecule has 0 fully saturated rings. The summed E-state index contributed by atoms with van der Waals surface area (Å²) in [6.45, 7) is -2.48. The number of carbonyl (C=O) groups is 9. The molecular weight excluding hydrogens is 1030 g/mol. The van der Waals surface area contributed by atoms with Crippen molar-refractivity contribution in [2.45, 2.75) is 0 Å². The highest BCUT2D eigenvalue weighted by atomic mass is 16.5. The van der Waals surface area contributed by atoms with E-state index >= 15 is 0 Å². The minimum Gasteiger partial charge on any atom is -0.452 e. The number of fused-ring (bicyclic) bond motifs is 6. The molecule has 0 atom stereocenters. The maximum absolute atomic E-state index is 13.8. The normalized spacial score (nSPS) is 12.2. The van der Waals surface area contributed by atoms with E-state index in [0.29, 0.717) is 82.8 Å². The predicted octanol–water partition coefficient (Wildman–Crippen LogP) is 11.2. The van der Waals surface area contributed by atoms with Crippen molar-refractivity contribution in [3.05, 3.63) is 232 Å². The molecule has 0 aliphatic heterocycles. The van der Waals surface area contributed by atoms with Crippen molar-refractivity contribution >= 4 is 102 Å². The minimum absolute atomic E-state index is 0.160. The van der Waals surface area contributed by atoms with Crippen LogP contribution in [0.2, 0.25) is 0 Å². The maximum atomic E-state index is 13.8. The number of ether oxygens (including phenoxy) is 3. The van der Waals surface area contributed by atoms with Gasteiger partial charge >= 0.3 is 17.9 Å². The molecule has 0 unspecified atom stereocenters. The lowest BCUT2D eigenvalue weighted by molar-refractivity contribution is -0.119. The predicted molar refractivity (Wildman–Crippen MR) is 302 cm³/mol. The Morgan fingerprint density at radius 3 is 0.827 bits per heavy atom. The van der Waals surface area contributed by atoms with Crippen LogP contribution in [-0.2, 0) is 28.6 Å². The number of amides is 3. The Morgan fingerprint density at radius 1 is 0.284 bits per heavy atom. The second-order valence-corrected chi connectivity index (χ2v) is 19.5. The van der Waals surface area contributed by atoms with E-state index < -0.39 is 72.1 Å². The largest absolute Gasteiger partial charge is 0.452 e. The molecule has 0 spiro atoms. The number of anilines is 3. The van der Waals surface area contributed by atoms with Crippen LogP contribution >= 0.6 is 0 Å². The lowest BCUT2D eigenvalue weighted by Crippen LogP contribution is -2.23. The van der Waals surface area contributed by atoms with Crippen molar-refractivity contribution < 1.29 is 57.4 Å². The fraction of sp³-hybridized carbons (Fsp3) is 0.0455. The lowest BCUT2D eigenvalue weighted by atomic mass is 9.82. The van der Waals surface area contributed by atoms with Gasteiger partial charge in [0.2, 0.25) is 0 Å². The molecule has 10 aromatic carbocycles. The number of hydrogen-bond acceptors (Lipinski definition) is 12. The molecular formula is C66H39N3O12. The number of benzene rings is 10. The summed E-state index contributed by atoms with van der Waals surface area (Å²) in [5.41, 5.74) is 7.64. The van der Waals surface area contributed by atoms with Crippen LogP contribution in [-0.4, -0.2) is 72.8 Å². The molecule has 0 heterocycles.